The number of carbonyl (C=O) groups excluding carboxylic acids is 2. The maximum Gasteiger partial charge on any atom is 0.262 e. The van der Waals surface area contributed by atoms with E-state index < -0.39 is 27.7 Å². The van der Waals surface area contributed by atoms with Gasteiger partial charge in [0.1, 0.15) is 16.7 Å². The number of para-hydroxylation sites is 1. The first-order chi connectivity index (χ1) is 9.33. The second kappa shape index (κ2) is 5.46. The van der Waals surface area contributed by atoms with Crippen LogP contribution in [0.2, 0.25) is 0 Å². The van der Waals surface area contributed by atoms with Crippen molar-refractivity contribution in [2.75, 3.05) is 5.32 Å². The van der Waals surface area contributed by atoms with Gasteiger partial charge in [-0.25, -0.2) is 0 Å². The quantitative estimate of drug-likeness (QED) is 0.651. The zero-order valence-electron chi connectivity index (χ0n) is 10.7. The molecule has 1 aromatic carbocycles. The highest BCUT2D eigenvalue weighted by atomic mass is 35.5. The van der Waals surface area contributed by atoms with Gasteiger partial charge >= 0.3 is 0 Å². The third-order valence-corrected chi connectivity index (χ3v) is 4.22. The fraction of sp³-hybridized carbons (Fsp3) is 0.286. The van der Waals surface area contributed by atoms with Crippen LogP contribution in [0.3, 0.4) is 0 Å². The minimum atomic E-state index is -1.10. The molecule has 0 aliphatic heterocycles. The summed E-state index contributed by atoms with van der Waals surface area (Å²) in [6.45, 7) is 1.55. The Labute approximate surface area is 126 Å². The number of ketones is 1. The van der Waals surface area contributed by atoms with Gasteiger partial charge in [0.05, 0.1) is 4.87 Å². The second-order valence-corrected chi connectivity index (χ2v) is 6.12. The topological polar surface area (TPSA) is 66.4 Å². The zero-order chi connectivity index (χ0) is 14.9. The summed E-state index contributed by atoms with van der Waals surface area (Å²) in [4.78, 5) is 23.0. The number of aliphatic hydroxyl groups is 1. The maximum absolute atomic E-state index is 12.1. The van der Waals surface area contributed by atoms with Gasteiger partial charge in [-0.1, -0.05) is 18.2 Å². The summed E-state index contributed by atoms with van der Waals surface area (Å²) < 4.78 is 0. The van der Waals surface area contributed by atoms with Gasteiger partial charge in [0.15, 0.2) is 5.78 Å². The van der Waals surface area contributed by atoms with Gasteiger partial charge < -0.3 is 10.4 Å². The van der Waals surface area contributed by atoms with Gasteiger partial charge in [-0.2, -0.15) is 0 Å². The van der Waals surface area contributed by atoms with Crippen LogP contribution in [0.15, 0.2) is 41.7 Å². The molecule has 2 rings (SSSR count). The molecule has 0 fully saturated rings. The Morgan fingerprint density at radius 3 is 2.60 bits per heavy atom. The number of nitrogens with one attached hydrogen (secondary N) is 1. The summed E-state index contributed by atoms with van der Waals surface area (Å²) >= 11 is 12.1. The van der Waals surface area contributed by atoms with Gasteiger partial charge in [-0.05, 0) is 19.1 Å². The van der Waals surface area contributed by atoms with E-state index in [1.807, 2.05) is 0 Å². The van der Waals surface area contributed by atoms with Crippen LogP contribution in [-0.2, 0) is 9.59 Å². The molecule has 0 saturated heterocycles. The van der Waals surface area contributed by atoms with Crippen LogP contribution in [0, 0.1) is 0 Å². The van der Waals surface area contributed by atoms with E-state index in [0.29, 0.717) is 5.69 Å². The standard InChI is InChI=1S/C14H13Cl2NO3/c1-14(16)7-9(18)10(11(19)12(14)15)13(20)17-8-5-3-2-4-6-8/h2-6,12,19H,7H2,1H3,(H,17,20). The molecular formula is C14H13Cl2NO3. The molecule has 20 heavy (non-hydrogen) atoms. The van der Waals surface area contributed by atoms with E-state index in [2.05, 4.69) is 5.32 Å². The van der Waals surface area contributed by atoms with Crippen molar-refractivity contribution >= 4 is 40.6 Å². The van der Waals surface area contributed by atoms with Gasteiger partial charge in [-0.3, -0.25) is 9.59 Å². The lowest BCUT2D eigenvalue weighted by molar-refractivity contribution is -0.121. The Hall–Kier alpha value is -1.52. The highest BCUT2D eigenvalue weighted by Crippen LogP contribution is 2.38. The van der Waals surface area contributed by atoms with Crippen LogP contribution in [0.5, 0.6) is 0 Å². The van der Waals surface area contributed by atoms with Crippen LogP contribution in [0.4, 0.5) is 5.69 Å². The lowest BCUT2D eigenvalue weighted by Gasteiger charge is -2.31. The fourth-order valence-electron chi connectivity index (χ4n) is 2.00. The molecule has 0 radical (unpaired) electrons. The molecule has 0 heterocycles. The number of amides is 1. The fourth-order valence-corrected chi connectivity index (χ4v) is 2.42. The lowest BCUT2D eigenvalue weighted by Crippen LogP contribution is -2.42. The van der Waals surface area contributed by atoms with Gasteiger partial charge in [0.25, 0.3) is 5.91 Å². The minimum absolute atomic E-state index is 0.107. The molecule has 6 heteroatoms. The number of alkyl halides is 2. The van der Waals surface area contributed by atoms with Crippen molar-refractivity contribution in [1.29, 1.82) is 0 Å². The van der Waals surface area contributed by atoms with E-state index >= 15 is 0 Å². The van der Waals surface area contributed by atoms with Crippen LogP contribution >= 0.6 is 23.2 Å². The molecule has 2 unspecified atom stereocenters. The third kappa shape index (κ3) is 2.81. The summed E-state index contributed by atoms with van der Waals surface area (Å²) in [7, 11) is 0. The van der Waals surface area contributed by atoms with Crippen molar-refractivity contribution in [3.63, 3.8) is 0 Å². The molecule has 0 saturated carbocycles. The van der Waals surface area contributed by atoms with Crippen LogP contribution in [0.25, 0.3) is 0 Å². The second-order valence-electron chi connectivity index (χ2n) is 4.82. The lowest BCUT2D eigenvalue weighted by atomic mass is 9.86. The summed E-state index contributed by atoms with van der Waals surface area (Å²) in [5.74, 6) is -1.68. The van der Waals surface area contributed by atoms with E-state index in [4.69, 9.17) is 23.2 Å². The first-order valence-electron chi connectivity index (χ1n) is 5.98. The number of allylic oxidation sites excluding steroid dienone is 1. The predicted molar refractivity (Wildman–Crippen MR) is 78.2 cm³/mol. The molecule has 0 aromatic heterocycles. The smallest absolute Gasteiger partial charge is 0.262 e. The van der Waals surface area contributed by atoms with E-state index in [9.17, 15) is 14.7 Å². The minimum Gasteiger partial charge on any atom is -0.510 e. The molecular weight excluding hydrogens is 301 g/mol. The first-order valence-corrected chi connectivity index (χ1v) is 6.80. The largest absolute Gasteiger partial charge is 0.510 e. The number of aliphatic hydroxyl groups excluding tert-OH is 1. The monoisotopic (exact) mass is 313 g/mol. The summed E-state index contributed by atoms with van der Waals surface area (Å²) in [5, 5.41) is 11.5. The summed E-state index contributed by atoms with van der Waals surface area (Å²) in [6, 6.07) is 8.63. The highest BCUT2D eigenvalue weighted by Gasteiger charge is 2.45. The Balaban J connectivity index is 2.29. The molecule has 0 spiro atoms. The van der Waals surface area contributed by atoms with E-state index in [0.717, 1.165) is 0 Å². The molecule has 1 aliphatic rings. The number of hydrogen-bond donors (Lipinski definition) is 2. The van der Waals surface area contributed by atoms with Crippen molar-refractivity contribution in [2.24, 2.45) is 0 Å². The van der Waals surface area contributed by atoms with E-state index in [1.165, 1.54) is 0 Å². The molecule has 0 bridgehead atoms. The normalized spacial score (nSPS) is 26.6. The van der Waals surface area contributed by atoms with Gasteiger partial charge in [-0.15, -0.1) is 23.2 Å². The van der Waals surface area contributed by atoms with Crippen molar-refractivity contribution in [1.82, 2.24) is 0 Å². The maximum atomic E-state index is 12.1. The molecule has 106 valence electrons. The molecule has 1 aliphatic carbocycles. The Kier molecular flexibility index (Phi) is 4.06. The summed E-state index contributed by atoms with van der Waals surface area (Å²) in [6.07, 6.45) is -0.107. The van der Waals surface area contributed by atoms with Crippen LogP contribution < -0.4 is 5.32 Å². The van der Waals surface area contributed by atoms with Gasteiger partial charge in [0.2, 0.25) is 0 Å². The molecule has 2 atom stereocenters. The van der Waals surface area contributed by atoms with Crippen LogP contribution in [0.1, 0.15) is 13.3 Å². The number of rotatable bonds is 2. The molecule has 2 N–H and O–H groups in total. The Morgan fingerprint density at radius 2 is 2.00 bits per heavy atom. The highest BCUT2D eigenvalue weighted by molar-refractivity contribution is 6.38. The SMILES string of the molecule is CC1(Cl)CC(=O)C(C(=O)Nc2ccccc2)=C(O)C1Cl. The van der Waals surface area contributed by atoms with Crippen molar-refractivity contribution < 1.29 is 14.7 Å². The van der Waals surface area contributed by atoms with E-state index in [1.54, 1.807) is 37.3 Å². The summed E-state index contributed by atoms with van der Waals surface area (Å²) in [5.41, 5.74) is 0.197. The Bertz CT molecular complexity index is 581. The number of anilines is 1. The van der Waals surface area contributed by atoms with Crippen molar-refractivity contribution in [3.8, 4) is 0 Å². The van der Waals surface area contributed by atoms with Gasteiger partial charge in [0, 0.05) is 12.1 Å². The van der Waals surface area contributed by atoms with E-state index in [-0.39, 0.29) is 12.0 Å². The molecule has 4 nitrogen and oxygen atoms in total. The van der Waals surface area contributed by atoms with Crippen molar-refractivity contribution in [2.45, 2.75) is 23.6 Å². The number of Topliss-reactive ketones (excluding diaryl/α,β-unsaturated/α-hetero) is 1. The molecule has 1 aromatic rings. The zero-order valence-corrected chi connectivity index (χ0v) is 12.2. The number of hydrogen-bond acceptors (Lipinski definition) is 3. The average Bonchev–Trinajstić information content (AvgIpc) is 2.37. The average molecular weight is 314 g/mol. The number of benzene rings is 1. The van der Waals surface area contributed by atoms with Crippen molar-refractivity contribution in [3.05, 3.63) is 41.7 Å². The predicted octanol–water partition coefficient (Wildman–Crippen LogP) is 3.01. The number of carbonyl (C=O) groups is 2. The molecule has 1 amide bonds. The van der Waals surface area contributed by atoms with Crippen LogP contribution in [-0.4, -0.2) is 27.0 Å². The Morgan fingerprint density at radius 1 is 1.40 bits per heavy atom. The number of halogens is 2. The first kappa shape index (κ1) is 14.9. The third-order valence-electron chi connectivity index (χ3n) is 3.07.